The fourth-order valence-corrected chi connectivity index (χ4v) is 5.10. The number of sulfone groups is 1. The van der Waals surface area contributed by atoms with Gasteiger partial charge in [0.1, 0.15) is 10.8 Å². The number of benzene rings is 2. The molecule has 0 atom stereocenters. The molecule has 38 heavy (non-hydrogen) atoms. The molecule has 0 fully saturated rings. The van der Waals surface area contributed by atoms with Gasteiger partial charge in [0, 0.05) is 5.54 Å². The average Bonchev–Trinajstić information content (AvgIpc) is 2.87. The van der Waals surface area contributed by atoms with Crippen molar-refractivity contribution in [2.75, 3.05) is 24.3 Å². The summed E-state index contributed by atoms with van der Waals surface area (Å²) in [7, 11) is -1.89. The van der Waals surface area contributed by atoms with E-state index in [-0.39, 0.29) is 27.2 Å². The molecule has 3 rings (SSSR count). The molecule has 1 heterocycles. The standard InChI is InChI=1S/C28H38ClN5O3S/c1-8-28(5,6)31-14-13-20-16-24(37-7)23(15-19(20)4)33-27-30-17-21(29)26(34-27)32-22-11-9-10-12-25(22)38(35,36)18(2)3/h9-12,15-18,31H,8,13-14H2,1-7H3,(H2,30,32,33,34). The zero-order chi connectivity index (χ0) is 28.1. The molecular weight excluding hydrogens is 522 g/mol. The number of para-hydroxylation sites is 1. The van der Waals surface area contributed by atoms with Crippen LogP contribution in [0.15, 0.2) is 47.5 Å². The molecule has 0 amide bonds. The fraction of sp³-hybridized carbons (Fsp3) is 0.429. The number of nitrogens with zero attached hydrogens (tertiary/aromatic N) is 2. The minimum absolute atomic E-state index is 0.0939. The molecule has 2 aromatic carbocycles. The lowest BCUT2D eigenvalue weighted by atomic mass is 10.00. The molecular formula is C28H38ClN5O3S. The van der Waals surface area contributed by atoms with Gasteiger partial charge in [0.05, 0.1) is 34.8 Å². The molecule has 0 saturated heterocycles. The Morgan fingerprint density at radius 2 is 1.82 bits per heavy atom. The molecule has 206 valence electrons. The Labute approximate surface area is 231 Å². The quantitative estimate of drug-likeness (QED) is 0.233. The first-order valence-corrected chi connectivity index (χ1v) is 14.6. The van der Waals surface area contributed by atoms with Gasteiger partial charge in [0.25, 0.3) is 0 Å². The number of hydrogen-bond donors (Lipinski definition) is 3. The van der Waals surface area contributed by atoms with E-state index in [0.29, 0.717) is 17.1 Å². The second-order valence-electron chi connectivity index (χ2n) is 10.1. The van der Waals surface area contributed by atoms with E-state index in [1.54, 1.807) is 45.2 Å². The van der Waals surface area contributed by atoms with Crippen molar-refractivity contribution < 1.29 is 13.2 Å². The molecule has 0 radical (unpaired) electrons. The SMILES string of the molecule is CCC(C)(C)NCCc1cc(OC)c(Nc2ncc(Cl)c(Nc3ccccc3S(=O)(=O)C(C)C)n2)cc1C. The average molecular weight is 560 g/mol. The maximum atomic E-state index is 12.9. The van der Waals surface area contributed by atoms with Gasteiger partial charge in [0.2, 0.25) is 5.95 Å². The molecule has 10 heteroatoms. The number of halogens is 1. The number of rotatable bonds is 12. The van der Waals surface area contributed by atoms with Crippen molar-refractivity contribution in [2.45, 2.75) is 70.1 Å². The van der Waals surface area contributed by atoms with Crippen molar-refractivity contribution in [1.82, 2.24) is 15.3 Å². The van der Waals surface area contributed by atoms with Crippen LogP contribution in [0.25, 0.3) is 0 Å². The zero-order valence-corrected chi connectivity index (χ0v) is 24.7. The third-order valence-corrected chi connectivity index (χ3v) is 9.08. The minimum atomic E-state index is -3.52. The summed E-state index contributed by atoms with van der Waals surface area (Å²) < 4.78 is 31.4. The van der Waals surface area contributed by atoms with Crippen LogP contribution in [-0.4, -0.2) is 42.8 Å². The summed E-state index contributed by atoms with van der Waals surface area (Å²) in [6.45, 7) is 12.8. The summed E-state index contributed by atoms with van der Waals surface area (Å²) in [5, 5.41) is 9.57. The smallest absolute Gasteiger partial charge is 0.229 e. The number of ether oxygens (including phenoxy) is 1. The summed E-state index contributed by atoms with van der Waals surface area (Å²) in [6.07, 6.45) is 3.39. The lowest BCUT2D eigenvalue weighted by molar-refractivity contribution is 0.379. The van der Waals surface area contributed by atoms with Gasteiger partial charge in [-0.1, -0.05) is 30.7 Å². The number of nitrogens with one attached hydrogen (secondary N) is 3. The summed E-state index contributed by atoms with van der Waals surface area (Å²) >= 11 is 6.38. The third kappa shape index (κ3) is 7.15. The van der Waals surface area contributed by atoms with Gasteiger partial charge in [-0.15, -0.1) is 0 Å². The first-order valence-electron chi connectivity index (χ1n) is 12.7. The maximum Gasteiger partial charge on any atom is 0.229 e. The summed E-state index contributed by atoms with van der Waals surface area (Å²) in [6, 6.07) is 10.7. The topological polar surface area (TPSA) is 105 Å². The van der Waals surface area contributed by atoms with E-state index in [1.807, 2.05) is 12.1 Å². The predicted octanol–water partition coefficient (Wildman–Crippen LogP) is 6.44. The predicted molar refractivity (Wildman–Crippen MR) is 156 cm³/mol. The number of aryl methyl sites for hydroxylation is 1. The van der Waals surface area contributed by atoms with Crippen LogP contribution in [-0.2, 0) is 16.3 Å². The van der Waals surface area contributed by atoms with Crippen LogP contribution in [0.5, 0.6) is 5.75 Å². The number of methoxy groups -OCH3 is 1. The summed E-state index contributed by atoms with van der Waals surface area (Å²) in [5.74, 6) is 1.24. The van der Waals surface area contributed by atoms with E-state index in [1.165, 1.54) is 11.8 Å². The number of anilines is 4. The van der Waals surface area contributed by atoms with Gasteiger partial charge < -0.3 is 20.7 Å². The fourth-order valence-electron chi connectivity index (χ4n) is 3.76. The van der Waals surface area contributed by atoms with E-state index >= 15 is 0 Å². The van der Waals surface area contributed by atoms with Gasteiger partial charge in [0.15, 0.2) is 15.7 Å². The molecule has 0 aliphatic carbocycles. The van der Waals surface area contributed by atoms with Crippen LogP contribution in [0.1, 0.15) is 52.2 Å². The van der Waals surface area contributed by atoms with Crippen LogP contribution in [0.3, 0.4) is 0 Å². The minimum Gasteiger partial charge on any atom is -0.495 e. The van der Waals surface area contributed by atoms with E-state index in [9.17, 15) is 8.42 Å². The van der Waals surface area contributed by atoms with Crippen molar-refractivity contribution in [3.63, 3.8) is 0 Å². The largest absolute Gasteiger partial charge is 0.495 e. The highest BCUT2D eigenvalue weighted by atomic mass is 35.5. The van der Waals surface area contributed by atoms with Gasteiger partial charge in [-0.05, 0) is 89.4 Å². The second kappa shape index (κ2) is 12.3. The zero-order valence-electron chi connectivity index (χ0n) is 23.1. The molecule has 3 aromatic rings. The van der Waals surface area contributed by atoms with Crippen LogP contribution < -0.4 is 20.7 Å². The molecule has 0 saturated carbocycles. The van der Waals surface area contributed by atoms with E-state index in [2.05, 4.69) is 53.6 Å². The van der Waals surface area contributed by atoms with Crippen molar-refractivity contribution in [1.29, 1.82) is 0 Å². The van der Waals surface area contributed by atoms with Crippen molar-refractivity contribution >= 4 is 44.6 Å². The Kier molecular flexibility index (Phi) is 9.62. The normalized spacial score (nSPS) is 12.0. The Bertz CT molecular complexity index is 1380. The first-order chi connectivity index (χ1) is 17.9. The first kappa shape index (κ1) is 29.7. The Balaban J connectivity index is 1.85. The highest BCUT2D eigenvalue weighted by Gasteiger charge is 2.23. The molecule has 0 aliphatic rings. The van der Waals surface area contributed by atoms with Gasteiger partial charge in [-0.25, -0.2) is 13.4 Å². The highest BCUT2D eigenvalue weighted by molar-refractivity contribution is 7.92. The van der Waals surface area contributed by atoms with Crippen LogP contribution in [0.4, 0.5) is 23.1 Å². The molecule has 0 unspecified atom stereocenters. The van der Waals surface area contributed by atoms with Gasteiger partial charge in [-0.3, -0.25) is 0 Å². The molecule has 3 N–H and O–H groups in total. The van der Waals surface area contributed by atoms with Crippen LogP contribution in [0.2, 0.25) is 5.02 Å². The molecule has 8 nitrogen and oxygen atoms in total. The summed E-state index contributed by atoms with van der Waals surface area (Å²) in [5.41, 5.74) is 3.51. The lowest BCUT2D eigenvalue weighted by Crippen LogP contribution is -2.39. The Morgan fingerprint density at radius 3 is 2.47 bits per heavy atom. The number of hydrogen-bond acceptors (Lipinski definition) is 8. The number of aromatic nitrogens is 2. The highest BCUT2D eigenvalue weighted by Crippen LogP contribution is 2.33. The lowest BCUT2D eigenvalue weighted by Gasteiger charge is -2.25. The third-order valence-electron chi connectivity index (χ3n) is 6.60. The van der Waals surface area contributed by atoms with Crippen molar-refractivity contribution in [2.24, 2.45) is 0 Å². The second-order valence-corrected chi connectivity index (χ2v) is 13.0. The summed E-state index contributed by atoms with van der Waals surface area (Å²) in [4.78, 5) is 9.01. The monoisotopic (exact) mass is 559 g/mol. The van der Waals surface area contributed by atoms with Crippen molar-refractivity contribution in [3.8, 4) is 5.75 Å². The Hall–Kier alpha value is -2.88. The molecule has 1 aromatic heterocycles. The Morgan fingerprint density at radius 1 is 1.11 bits per heavy atom. The van der Waals surface area contributed by atoms with E-state index in [0.717, 1.165) is 24.9 Å². The molecule has 0 bridgehead atoms. The van der Waals surface area contributed by atoms with Gasteiger partial charge in [-0.2, -0.15) is 4.98 Å². The van der Waals surface area contributed by atoms with Crippen molar-refractivity contribution in [3.05, 3.63) is 58.7 Å². The molecule has 0 spiro atoms. The maximum absolute atomic E-state index is 12.9. The van der Waals surface area contributed by atoms with E-state index < -0.39 is 15.1 Å². The molecule has 0 aliphatic heterocycles. The van der Waals surface area contributed by atoms with Crippen LogP contribution >= 0.6 is 11.6 Å². The van der Waals surface area contributed by atoms with E-state index in [4.69, 9.17) is 16.3 Å². The van der Waals surface area contributed by atoms with Crippen LogP contribution in [0, 0.1) is 6.92 Å². The van der Waals surface area contributed by atoms with Gasteiger partial charge >= 0.3 is 0 Å².